The monoisotopic (exact) mass is 286 g/mol. The van der Waals surface area contributed by atoms with Crippen LogP contribution in [-0.2, 0) is 13.0 Å². The minimum absolute atomic E-state index is 0.468. The second-order valence-electron chi connectivity index (χ2n) is 4.77. The van der Waals surface area contributed by atoms with Crippen molar-refractivity contribution < 1.29 is 9.47 Å². The zero-order valence-electron chi connectivity index (χ0n) is 12.1. The minimum atomic E-state index is 0.468. The van der Waals surface area contributed by atoms with E-state index in [1.54, 1.807) is 20.3 Å². The van der Waals surface area contributed by atoms with Crippen molar-refractivity contribution in [2.24, 2.45) is 0 Å². The summed E-state index contributed by atoms with van der Waals surface area (Å²) in [4.78, 5) is 8.61. The van der Waals surface area contributed by atoms with Crippen molar-refractivity contribution in [3.05, 3.63) is 35.4 Å². The van der Waals surface area contributed by atoms with E-state index >= 15 is 0 Å². The summed E-state index contributed by atoms with van der Waals surface area (Å²) in [6.45, 7) is 1.88. The van der Waals surface area contributed by atoms with Gasteiger partial charge in [-0.1, -0.05) is 12.1 Å². The van der Waals surface area contributed by atoms with E-state index in [1.165, 1.54) is 11.1 Å². The van der Waals surface area contributed by atoms with Crippen LogP contribution in [0.1, 0.15) is 11.1 Å². The maximum atomic E-state index is 5.17. The molecule has 6 heteroatoms. The van der Waals surface area contributed by atoms with E-state index in [1.807, 2.05) is 12.1 Å². The Morgan fingerprint density at radius 2 is 1.90 bits per heavy atom. The predicted molar refractivity (Wildman–Crippen MR) is 80.3 cm³/mol. The number of nitrogens with one attached hydrogen (secondary N) is 2. The van der Waals surface area contributed by atoms with Gasteiger partial charge in [0.2, 0.25) is 17.7 Å². The molecule has 0 amide bonds. The van der Waals surface area contributed by atoms with Crippen LogP contribution in [-0.4, -0.2) is 30.7 Å². The van der Waals surface area contributed by atoms with E-state index in [4.69, 9.17) is 9.47 Å². The molecule has 2 heterocycles. The Labute approximate surface area is 123 Å². The Bertz CT molecular complexity index is 623. The Kier molecular flexibility index (Phi) is 3.87. The van der Waals surface area contributed by atoms with E-state index in [2.05, 4.69) is 26.7 Å². The first-order valence-electron chi connectivity index (χ1n) is 6.85. The summed E-state index contributed by atoms with van der Waals surface area (Å²) >= 11 is 0. The quantitative estimate of drug-likeness (QED) is 0.894. The first kappa shape index (κ1) is 13.6. The smallest absolute Gasteiger partial charge is 0.233 e. The summed E-state index contributed by atoms with van der Waals surface area (Å²) in [5.41, 5.74) is 3.65. The van der Waals surface area contributed by atoms with Crippen LogP contribution < -0.4 is 20.1 Å². The zero-order valence-corrected chi connectivity index (χ0v) is 12.1. The van der Waals surface area contributed by atoms with Crippen LogP contribution in [0.2, 0.25) is 0 Å². The number of nitrogens with zero attached hydrogens (tertiary/aromatic N) is 2. The third-order valence-corrected chi connectivity index (χ3v) is 3.48. The maximum absolute atomic E-state index is 5.17. The molecule has 0 saturated heterocycles. The van der Waals surface area contributed by atoms with Crippen LogP contribution in [0.15, 0.2) is 24.3 Å². The molecule has 0 bridgehead atoms. The highest BCUT2D eigenvalue weighted by atomic mass is 16.5. The second kappa shape index (κ2) is 5.97. The second-order valence-corrected chi connectivity index (χ2v) is 4.77. The predicted octanol–water partition coefficient (Wildman–Crippen LogP) is 1.88. The molecule has 3 rings (SSSR count). The lowest BCUT2D eigenvalue weighted by Gasteiger charge is -2.20. The Balaban J connectivity index is 1.93. The zero-order chi connectivity index (χ0) is 14.7. The summed E-state index contributed by atoms with van der Waals surface area (Å²) < 4.78 is 10.3. The molecule has 2 aromatic rings. The van der Waals surface area contributed by atoms with E-state index in [9.17, 15) is 0 Å². The molecular formula is C15H18N4O2. The van der Waals surface area contributed by atoms with Gasteiger partial charge in [0.1, 0.15) is 0 Å². The van der Waals surface area contributed by atoms with Gasteiger partial charge < -0.3 is 20.1 Å². The van der Waals surface area contributed by atoms with Crippen LogP contribution in [0.4, 0.5) is 11.6 Å². The Morgan fingerprint density at radius 1 is 1.14 bits per heavy atom. The molecule has 0 spiro atoms. The van der Waals surface area contributed by atoms with Gasteiger partial charge in [0.15, 0.2) is 0 Å². The molecule has 0 aliphatic carbocycles. The van der Waals surface area contributed by atoms with Gasteiger partial charge in [0.25, 0.3) is 0 Å². The highest BCUT2D eigenvalue weighted by molar-refractivity contribution is 5.61. The van der Waals surface area contributed by atoms with Crippen molar-refractivity contribution in [3.63, 3.8) is 0 Å². The number of methoxy groups -OCH3 is 2. The number of ether oxygens (including phenoxy) is 2. The number of anilines is 2. The fraction of sp³-hybridized carbons (Fsp3) is 0.333. The number of benzene rings is 1. The van der Waals surface area contributed by atoms with Crippen molar-refractivity contribution in [1.29, 1.82) is 0 Å². The van der Waals surface area contributed by atoms with Crippen molar-refractivity contribution in [2.45, 2.75) is 13.0 Å². The minimum Gasteiger partial charge on any atom is -0.481 e. The Hall–Kier alpha value is -2.34. The molecule has 110 valence electrons. The lowest BCUT2D eigenvalue weighted by atomic mass is 9.99. The summed E-state index contributed by atoms with van der Waals surface area (Å²) in [6.07, 6.45) is 0.986. The van der Waals surface area contributed by atoms with Crippen molar-refractivity contribution >= 4 is 11.6 Å². The van der Waals surface area contributed by atoms with E-state index in [0.717, 1.165) is 25.2 Å². The Morgan fingerprint density at radius 3 is 2.62 bits per heavy atom. The number of hydrogen-bond acceptors (Lipinski definition) is 6. The molecule has 0 atom stereocenters. The third kappa shape index (κ3) is 2.90. The molecule has 2 N–H and O–H groups in total. The van der Waals surface area contributed by atoms with Gasteiger partial charge in [0, 0.05) is 12.2 Å². The largest absolute Gasteiger partial charge is 0.481 e. The van der Waals surface area contributed by atoms with Gasteiger partial charge in [-0.3, -0.25) is 0 Å². The number of fused-ring (bicyclic) bond motifs is 1. The first-order chi connectivity index (χ1) is 10.3. The third-order valence-electron chi connectivity index (χ3n) is 3.48. The van der Waals surface area contributed by atoms with Gasteiger partial charge in [-0.15, -0.1) is 0 Å². The SMILES string of the molecule is COc1cc(OC)nc(Nc2cccc3c2CCNC3)n1. The summed E-state index contributed by atoms with van der Waals surface area (Å²) in [7, 11) is 3.14. The van der Waals surface area contributed by atoms with Crippen LogP contribution in [0.3, 0.4) is 0 Å². The summed E-state index contributed by atoms with van der Waals surface area (Å²) in [5, 5.41) is 6.64. The van der Waals surface area contributed by atoms with Gasteiger partial charge in [-0.2, -0.15) is 9.97 Å². The molecule has 1 aromatic heterocycles. The van der Waals surface area contributed by atoms with Crippen LogP contribution in [0, 0.1) is 0 Å². The highest BCUT2D eigenvalue weighted by Gasteiger charge is 2.14. The van der Waals surface area contributed by atoms with Crippen LogP contribution in [0.5, 0.6) is 11.8 Å². The topological polar surface area (TPSA) is 68.3 Å². The number of rotatable bonds is 4. The lowest BCUT2D eigenvalue weighted by Crippen LogP contribution is -2.24. The fourth-order valence-electron chi connectivity index (χ4n) is 2.44. The molecular weight excluding hydrogens is 268 g/mol. The van der Waals surface area contributed by atoms with Crippen molar-refractivity contribution in [3.8, 4) is 11.8 Å². The average Bonchev–Trinajstić information content (AvgIpc) is 2.55. The number of aromatic nitrogens is 2. The molecule has 0 fully saturated rings. The summed E-state index contributed by atoms with van der Waals surface area (Å²) in [6, 6.07) is 7.86. The van der Waals surface area contributed by atoms with Crippen LogP contribution in [0.25, 0.3) is 0 Å². The van der Waals surface area contributed by atoms with Crippen molar-refractivity contribution in [1.82, 2.24) is 15.3 Å². The van der Waals surface area contributed by atoms with Gasteiger partial charge in [0.05, 0.1) is 20.3 Å². The molecule has 1 aromatic carbocycles. The van der Waals surface area contributed by atoms with Gasteiger partial charge >= 0.3 is 0 Å². The average molecular weight is 286 g/mol. The van der Waals surface area contributed by atoms with E-state index in [0.29, 0.717) is 17.7 Å². The van der Waals surface area contributed by atoms with Crippen LogP contribution >= 0.6 is 0 Å². The van der Waals surface area contributed by atoms with E-state index < -0.39 is 0 Å². The fourth-order valence-corrected chi connectivity index (χ4v) is 2.44. The molecule has 1 aliphatic heterocycles. The summed E-state index contributed by atoms with van der Waals surface area (Å²) in [5.74, 6) is 1.41. The van der Waals surface area contributed by atoms with Crippen molar-refractivity contribution in [2.75, 3.05) is 26.1 Å². The number of hydrogen-bond donors (Lipinski definition) is 2. The molecule has 21 heavy (non-hydrogen) atoms. The van der Waals surface area contributed by atoms with Gasteiger partial charge in [-0.05, 0) is 30.2 Å². The normalized spacial score (nSPS) is 13.4. The van der Waals surface area contributed by atoms with E-state index in [-0.39, 0.29) is 0 Å². The molecule has 1 aliphatic rings. The first-order valence-corrected chi connectivity index (χ1v) is 6.85. The standard InChI is InChI=1S/C15H18N4O2/c1-20-13-8-14(21-2)19-15(18-13)17-12-5-3-4-10-9-16-7-6-11(10)12/h3-5,8,16H,6-7,9H2,1-2H3,(H,17,18,19). The molecule has 6 nitrogen and oxygen atoms in total. The molecule has 0 radical (unpaired) electrons. The molecule has 0 saturated carbocycles. The highest BCUT2D eigenvalue weighted by Crippen LogP contribution is 2.26. The van der Waals surface area contributed by atoms with Gasteiger partial charge in [-0.25, -0.2) is 0 Å². The maximum Gasteiger partial charge on any atom is 0.233 e. The lowest BCUT2D eigenvalue weighted by molar-refractivity contribution is 0.373. The molecule has 0 unspecified atom stereocenters.